The Morgan fingerprint density at radius 2 is 1.59 bits per heavy atom. The van der Waals surface area contributed by atoms with E-state index in [4.69, 9.17) is 11.6 Å². The van der Waals surface area contributed by atoms with Crippen LogP contribution in [0.25, 0.3) is 11.1 Å². The van der Waals surface area contributed by atoms with Crippen molar-refractivity contribution in [3.63, 3.8) is 0 Å². The van der Waals surface area contributed by atoms with E-state index < -0.39 is 6.04 Å². The van der Waals surface area contributed by atoms with E-state index in [0.717, 1.165) is 36.8 Å². The molecule has 1 N–H and O–H groups in total. The number of hydrogen-bond donors (Lipinski definition) is 1. The zero-order valence-corrected chi connectivity index (χ0v) is 23.6. The largest absolute Gasteiger partial charge is 0.322 e. The molecule has 4 heterocycles. The van der Waals surface area contributed by atoms with E-state index >= 15 is 0 Å². The quantitative estimate of drug-likeness (QED) is 0.440. The maximum absolute atomic E-state index is 13.1. The molecule has 4 aliphatic rings. The van der Waals surface area contributed by atoms with Gasteiger partial charge in [0.2, 0.25) is 11.8 Å². The Morgan fingerprint density at radius 1 is 0.829 bits per heavy atom. The first-order chi connectivity index (χ1) is 19.9. The zero-order chi connectivity index (χ0) is 28.1. The highest BCUT2D eigenvalue weighted by Gasteiger charge is 2.41. The number of amides is 3. The number of piperidine rings is 1. The molecule has 3 atom stereocenters. The van der Waals surface area contributed by atoms with Crippen molar-refractivity contribution in [1.29, 1.82) is 0 Å². The summed E-state index contributed by atoms with van der Waals surface area (Å²) >= 11 is 6.13. The summed E-state index contributed by atoms with van der Waals surface area (Å²) in [7, 11) is 0. The number of hydrogen-bond acceptors (Lipinski definition) is 5. The molecule has 3 saturated heterocycles. The van der Waals surface area contributed by atoms with Gasteiger partial charge in [-0.2, -0.15) is 0 Å². The average molecular weight is 569 g/mol. The summed E-state index contributed by atoms with van der Waals surface area (Å²) in [6.07, 6.45) is 3.05. The number of fused-ring (bicyclic) bond motifs is 3. The van der Waals surface area contributed by atoms with Gasteiger partial charge < -0.3 is 4.90 Å². The number of likely N-dealkylation sites (tertiary alicyclic amines) is 1. The van der Waals surface area contributed by atoms with Gasteiger partial charge in [0.25, 0.3) is 5.91 Å². The minimum Gasteiger partial charge on any atom is -0.322 e. The lowest BCUT2D eigenvalue weighted by Crippen LogP contribution is -2.52. The smallest absolute Gasteiger partial charge is 0.255 e. The Kier molecular flexibility index (Phi) is 6.89. The lowest BCUT2D eigenvalue weighted by Gasteiger charge is -2.41. The lowest BCUT2D eigenvalue weighted by atomic mass is 9.99. The van der Waals surface area contributed by atoms with Crippen molar-refractivity contribution in [2.24, 2.45) is 0 Å². The zero-order valence-electron chi connectivity index (χ0n) is 22.9. The van der Waals surface area contributed by atoms with Gasteiger partial charge in [0, 0.05) is 61.8 Å². The standard InChI is InChI=1S/C33H33ClN4O3/c34-25-8-6-22(7-9-25)28-4-2-1-3-23(28)17-36-19-26-10-11-27(20-36)37(26)16-21-5-12-29-24(15-21)18-38(33(29)41)30-13-14-31(39)35-32(30)40/h1-9,12,15,26-27,30H,10-11,13-14,16-20H2,(H,35,39,40). The van der Waals surface area contributed by atoms with E-state index in [1.54, 1.807) is 4.90 Å². The molecule has 0 aliphatic carbocycles. The fourth-order valence-corrected chi connectivity index (χ4v) is 7.34. The van der Waals surface area contributed by atoms with Crippen LogP contribution in [0.1, 0.15) is 52.7 Å². The molecule has 8 heteroatoms. The number of carbonyl (C=O) groups excluding carboxylic acids is 3. The van der Waals surface area contributed by atoms with E-state index in [0.29, 0.717) is 30.6 Å². The van der Waals surface area contributed by atoms with Crippen LogP contribution in [0.15, 0.2) is 66.7 Å². The van der Waals surface area contributed by atoms with Crippen molar-refractivity contribution in [3.8, 4) is 11.1 Å². The van der Waals surface area contributed by atoms with Crippen LogP contribution >= 0.6 is 11.6 Å². The van der Waals surface area contributed by atoms with Crippen LogP contribution in [0.3, 0.4) is 0 Å². The number of nitrogens with zero attached hydrogens (tertiary/aromatic N) is 3. The Bertz CT molecular complexity index is 1510. The molecule has 3 unspecified atom stereocenters. The SMILES string of the molecule is O=C1CCC(N2Cc3cc(CN4C5CCC4CN(Cc4ccccc4-c4ccc(Cl)cc4)C5)ccc3C2=O)C(=O)N1. The van der Waals surface area contributed by atoms with E-state index in [1.165, 1.54) is 35.1 Å². The first kappa shape index (κ1) is 26.4. The van der Waals surface area contributed by atoms with Gasteiger partial charge in [-0.05, 0) is 65.3 Å². The Labute approximate surface area is 245 Å². The van der Waals surface area contributed by atoms with Crippen molar-refractivity contribution in [1.82, 2.24) is 20.0 Å². The van der Waals surface area contributed by atoms with Gasteiger partial charge in [0.05, 0.1) is 0 Å². The molecule has 41 heavy (non-hydrogen) atoms. The van der Waals surface area contributed by atoms with Crippen molar-refractivity contribution in [3.05, 3.63) is 94.0 Å². The molecular weight excluding hydrogens is 536 g/mol. The number of rotatable bonds is 6. The van der Waals surface area contributed by atoms with Crippen molar-refractivity contribution in [2.75, 3.05) is 13.1 Å². The molecular formula is C33H33ClN4O3. The van der Waals surface area contributed by atoms with Crippen LogP contribution in [-0.2, 0) is 29.2 Å². The number of imide groups is 1. The van der Waals surface area contributed by atoms with Gasteiger partial charge >= 0.3 is 0 Å². The van der Waals surface area contributed by atoms with Crippen LogP contribution < -0.4 is 5.32 Å². The lowest BCUT2D eigenvalue weighted by molar-refractivity contribution is -0.136. The predicted molar refractivity (Wildman–Crippen MR) is 157 cm³/mol. The number of carbonyl (C=O) groups is 3. The highest BCUT2D eigenvalue weighted by atomic mass is 35.5. The van der Waals surface area contributed by atoms with Gasteiger partial charge in [0.15, 0.2) is 0 Å². The van der Waals surface area contributed by atoms with Gasteiger partial charge in [-0.15, -0.1) is 0 Å². The van der Waals surface area contributed by atoms with E-state index in [2.05, 4.69) is 63.6 Å². The third-order valence-electron chi connectivity index (χ3n) is 9.23. The first-order valence-corrected chi connectivity index (χ1v) is 14.9. The Balaban J connectivity index is 1.02. The van der Waals surface area contributed by atoms with Crippen LogP contribution in [0.5, 0.6) is 0 Å². The van der Waals surface area contributed by atoms with Crippen LogP contribution in [0, 0.1) is 0 Å². The molecule has 2 bridgehead atoms. The maximum atomic E-state index is 13.1. The molecule has 3 aromatic rings. The third-order valence-corrected chi connectivity index (χ3v) is 9.48. The molecule has 3 aromatic carbocycles. The maximum Gasteiger partial charge on any atom is 0.255 e. The fourth-order valence-electron chi connectivity index (χ4n) is 7.21. The first-order valence-electron chi connectivity index (χ1n) is 14.5. The molecule has 0 radical (unpaired) electrons. The van der Waals surface area contributed by atoms with E-state index in [-0.39, 0.29) is 24.1 Å². The molecule has 3 amide bonds. The molecule has 4 aliphatic heterocycles. The molecule has 7 nitrogen and oxygen atoms in total. The molecule has 0 spiro atoms. The summed E-state index contributed by atoms with van der Waals surface area (Å²) in [5.74, 6) is -0.750. The summed E-state index contributed by atoms with van der Waals surface area (Å²) in [5, 5.41) is 3.13. The predicted octanol–water partition coefficient (Wildman–Crippen LogP) is 4.62. The molecule has 7 rings (SSSR count). The Hall–Kier alpha value is -3.52. The third kappa shape index (κ3) is 5.07. The summed E-state index contributed by atoms with van der Waals surface area (Å²) in [6.45, 7) is 4.29. The monoisotopic (exact) mass is 568 g/mol. The molecule has 210 valence electrons. The number of halogens is 1. The summed E-state index contributed by atoms with van der Waals surface area (Å²) in [4.78, 5) is 43.9. The van der Waals surface area contributed by atoms with Gasteiger partial charge in [0.1, 0.15) is 6.04 Å². The number of benzene rings is 3. The van der Waals surface area contributed by atoms with E-state index in [1.807, 2.05) is 18.2 Å². The topological polar surface area (TPSA) is 73.0 Å². The number of piperazine rings is 1. The summed E-state index contributed by atoms with van der Waals surface area (Å²) < 4.78 is 0. The molecule has 0 aromatic heterocycles. The van der Waals surface area contributed by atoms with Crippen LogP contribution in [0.2, 0.25) is 5.02 Å². The van der Waals surface area contributed by atoms with Crippen molar-refractivity contribution >= 4 is 29.3 Å². The van der Waals surface area contributed by atoms with Gasteiger partial charge in [-0.3, -0.25) is 29.5 Å². The molecule has 3 fully saturated rings. The Morgan fingerprint density at radius 3 is 2.34 bits per heavy atom. The minimum atomic E-state index is -0.579. The highest BCUT2D eigenvalue weighted by molar-refractivity contribution is 6.30. The fraction of sp³-hybridized carbons (Fsp3) is 0.364. The highest BCUT2D eigenvalue weighted by Crippen LogP contribution is 2.35. The van der Waals surface area contributed by atoms with Crippen molar-refractivity contribution < 1.29 is 14.4 Å². The summed E-state index contributed by atoms with van der Waals surface area (Å²) in [6, 6.07) is 23.3. The van der Waals surface area contributed by atoms with Crippen molar-refractivity contribution in [2.45, 2.75) is 63.4 Å². The van der Waals surface area contributed by atoms with Gasteiger partial charge in [-0.25, -0.2) is 0 Å². The van der Waals surface area contributed by atoms with Crippen LogP contribution in [-0.4, -0.2) is 63.6 Å². The second-order valence-electron chi connectivity index (χ2n) is 11.8. The minimum absolute atomic E-state index is 0.117. The van der Waals surface area contributed by atoms with E-state index in [9.17, 15) is 14.4 Å². The van der Waals surface area contributed by atoms with Gasteiger partial charge in [-0.1, -0.05) is 60.1 Å². The second-order valence-corrected chi connectivity index (χ2v) is 12.2. The average Bonchev–Trinajstić information content (AvgIpc) is 3.40. The number of nitrogens with one attached hydrogen (secondary N) is 1. The second kappa shape index (κ2) is 10.7. The van der Waals surface area contributed by atoms with Crippen LogP contribution in [0.4, 0.5) is 0 Å². The molecule has 0 saturated carbocycles. The normalized spacial score (nSPS) is 24.6. The summed E-state index contributed by atoms with van der Waals surface area (Å²) in [5.41, 5.74) is 6.65.